The standard InChI is InChI=1S/C17H20O2/c1-2-6-16-15(4-1)5-3-7-17(16)19-13-10-14-8-11-18-12-9-14/h1-7,14H,8-13H2. The number of fused-ring (bicyclic) bond motifs is 1. The van der Waals surface area contributed by atoms with Crippen molar-refractivity contribution in [3.05, 3.63) is 42.5 Å². The van der Waals surface area contributed by atoms with Crippen molar-refractivity contribution < 1.29 is 9.47 Å². The van der Waals surface area contributed by atoms with Crippen molar-refractivity contribution in [1.29, 1.82) is 0 Å². The third-order valence-corrected chi connectivity index (χ3v) is 3.87. The van der Waals surface area contributed by atoms with Crippen molar-refractivity contribution in [3.63, 3.8) is 0 Å². The zero-order valence-corrected chi connectivity index (χ0v) is 11.2. The lowest BCUT2D eigenvalue weighted by molar-refractivity contribution is 0.0594. The van der Waals surface area contributed by atoms with Crippen LogP contribution < -0.4 is 4.74 Å². The highest BCUT2D eigenvalue weighted by Crippen LogP contribution is 2.26. The van der Waals surface area contributed by atoms with Gasteiger partial charge < -0.3 is 9.47 Å². The van der Waals surface area contributed by atoms with Gasteiger partial charge in [0, 0.05) is 18.6 Å². The van der Waals surface area contributed by atoms with Gasteiger partial charge in [0.05, 0.1) is 6.61 Å². The summed E-state index contributed by atoms with van der Waals surface area (Å²) in [5, 5.41) is 2.45. The SMILES string of the molecule is c1ccc2c(OCCC3CCOCC3)cccc2c1. The number of benzene rings is 2. The molecule has 19 heavy (non-hydrogen) atoms. The Labute approximate surface area is 114 Å². The fourth-order valence-corrected chi connectivity index (χ4v) is 2.69. The van der Waals surface area contributed by atoms with Gasteiger partial charge >= 0.3 is 0 Å². The molecule has 0 atom stereocenters. The molecule has 3 rings (SSSR count). The molecule has 1 saturated heterocycles. The van der Waals surface area contributed by atoms with Gasteiger partial charge in [0.2, 0.25) is 0 Å². The van der Waals surface area contributed by atoms with Gasteiger partial charge in [0.25, 0.3) is 0 Å². The maximum atomic E-state index is 5.98. The zero-order chi connectivity index (χ0) is 12.9. The average molecular weight is 256 g/mol. The molecule has 2 heteroatoms. The Morgan fingerprint density at radius 2 is 1.79 bits per heavy atom. The van der Waals surface area contributed by atoms with E-state index in [0.29, 0.717) is 0 Å². The average Bonchev–Trinajstić information content (AvgIpc) is 2.49. The molecular weight excluding hydrogens is 236 g/mol. The molecule has 0 aromatic heterocycles. The van der Waals surface area contributed by atoms with Crippen LogP contribution in [0.5, 0.6) is 5.75 Å². The number of hydrogen-bond donors (Lipinski definition) is 0. The fraction of sp³-hybridized carbons (Fsp3) is 0.412. The van der Waals surface area contributed by atoms with Gasteiger partial charge in [-0.3, -0.25) is 0 Å². The van der Waals surface area contributed by atoms with E-state index in [9.17, 15) is 0 Å². The summed E-state index contributed by atoms with van der Waals surface area (Å²) >= 11 is 0. The highest BCUT2D eigenvalue weighted by atomic mass is 16.5. The summed E-state index contributed by atoms with van der Waals surface area (Å²) in [5.74, 6) is 1.77. The molecule has 0 aliphatic carbocycles. The van der Waals surface area contributed by atoms with Gasteiger partial charge in [0.15, 0.2) is 0 Å². The molecule has 2 nitrogen and oxygen atoms in total. The van der Waals surface area contributed by atoms with Crippen molar-refractivity contribution in [2.24, 2.45) is 5.92 Å². The van der Waals surface area contributed by atoms with Crippen LogP contribution in [0.25, 0.3) is 10.8 Å². The molecule has 2 aromatic carbocycles. The van der Waals surface area contributed by atoms with Crippen LogP contribution in [0.2, 0.25) is 0 Å². The monoisotopic (exact) mass is 256 g/mol. The molecule has 1 aliphatic heterocycles. The van der Waals surface area contributed by atoms with Crippen LogP contribution in [0, 0.1) is 5.92 Å². The van der Waals surface area contributed by atoms with Gasteiger partial charge in [0.1, 0.15) is 5.75 Å². The van der Waals surface area contributed by atoms with E-state index in [4.69, 9.17) is 9.47 Å². The number of hydrogen-bond acceptors (Lipinski definition) is 2. The first-order valence-corrected chi connectivity index (χ1v) is 7.12. The summed E-state index contributed by atoms with van der Waals surface area (Å²) in [6.45, 7) is 2.64. The highest BCUT2D eigenvalue weighted by molar-refractivity contribution is 5.88. The van der Waals surface area contributed by atoms with E-state index in [0.717, 1.165) is 37.9 Å². The first-order chi connectivity index (χ1) is 9.43. The van der Waals surface area contributed by atoms with Crippen LogP contribution in [-0.2, 0) is 4.74 Å². The van der Waals surface area contributed by atoms with Crippen LogP contribution in [0.15, 0.2) is 42.5 Å². The van der Waals surface area contributed by atoms with E-state index in [2.05, 4.69) is 42.5 Å². The third-order valence-electron chi connectivity index (χ3n) is 3.87. The molecule has 0 saturated carbocycles. The van der Waals surface area contributed by atoms with Crippen LogP contribution in [0.3, 0.4) is 0 Å². The van der Waals surface area contributed by atoms with E-state index in [1.54, 1.807) is 0 Å². The minimum absolute atomic E-state index is 0.767. The molecular formula is C17H20O2. The van der Waals surface area contributed by atoms with Crippen molar-refractivity contribution in [2.75, 3.05) is 19.8 Å². The second-order valence-electron chi connectivity index (χ2n) is 5.17. The van der Waals surface area contributed by atoms with Gasteiger partial charge in [-0.2, -0.15) is 0 Å². The Hall–Kier alpha value is -1.54. The predicted molar refractivity (Wildman–Crippen MR) is 77.6 cm³/mol. The Kier molecular flexibility index (Phi) is 3.99. The Morgan fingerprint density at radius 3 is 2.68 bits per heavy atom. The quantitative estimate of drug-likeness (QED) is 0.822. The van der Waals surface area contributed by atoms with E-state index in [1.165, 1.54) is 23.6 Å². The molecule has 0 N–H and O–H groups in total. The van der Waals surface area contributed by atoms with E-state index < -0.39 is 0 Å². The number of rotatable bonds is 4. The maximum absolute atomic E-state index is 5.98. The highest BCUT2D eigenvalue weighted by Gasteiger charge is 2.13. The second-order valence-corrected chi connectivity index (χ2v) is 5.17. The van der Waals surface area contributed by atoms with Crippen LogP contribution in [-0.4, -0.2) is 19.8 Å². The smallest absolute Gasteiger partial charge is 0.127 e. The normalized spacial score (nSPS) is 16.6. The summed E-state index contributed by atoms with van der Waals surface area (Å²) in [7, 11) is 0. The minimum Gasteiger partial charge on any atom is -0.493 e. The Morgan fingerprint density at radius 1 is 1.00 bits per heavy atom. The van der Waals surface area contributed by atoms with E-state index >= 15 is 0 Å². The zero-order valence-electron chi connectivity index (χ0n) is 11.2. The first-order valence-electron chi connectivity index (χ1n) is 7.12. The molecule has 1 aliphatic rings. The van der Waals surface area contributed by atoms with Gasteiger partial charge in [-0.05, 0) is 36.6 Å². The van der Waals surface area contributed by atoms with Crippen molar-refractivity contribution in [2.45, 2.75) is 19.3 Å². The Bertz CT molecular complexity index is 524. The molecule has 0 bridgehead atoms. The summed E-state index contributed by atoms with van der Waals surface area (Å²) in [6, 6.07) is 14.6. The summed E-state index contributed by atoms with van der Waals surface area (Å²) in [6.07, 6.45) is 3.49. The lowest BCUT2D eigenvalue weighted by atomic mass is 9.97. The predicted octanol–water partition coefficient (Wildman–Crippen LogP) is 4.04. The van der Waals surface area contributed by atoms with Crippen LogP contribution >= 0.6 is 0 Å². The van der Waals surface area contributed by atoms with Crippen molar-refractivity contribution in [1.82, 2.24) is 0 Å². The summed E-state index contributed by atoms with van der Waals surface area (Å²) in [5.41, 5.74) is 0. The fourth-order valence-electron chi connectivity index (χ4n) is 2.69. The lowest BCUT2D eigenvalue weighted by Crippen LogP contribution is -2.17. The van der Waals surface area contributed by atoms with Crippen LogP contribution in [0.4, 0.5) is 0 Å². The molecule has 100 valence electrons. The largest absolute Gasteiger partial charge is 0.493 e. The molecule has 0 unspecified atom stereocenters. The maximum Gasteiger partial charge on any atom is 0.127 e. The number of ether oxygens (including phenoxy) is 2. The first kappa shape index (κ1) is 12.5. The van der Waals surface area contributed by atoms with E-state index in [-0.39, 0.29) is 0 Å². The summed E-state index contributed by atoms with van der Waals surface area (Å²) in [4.78, 5) is 0. The van der Waals surface area contributed by atoms with Crippen molar-refractivity contribution >= 4 is 10.8 Å². The molecule has 2 aromatic rings. The third kappa shape index (κ3) is 3.07. The lowest BCUT2D eigenvalue weighted by Gasteiger charge is -2.22. The minimum atomic E-state index is 0.767. The molecule has 0 amide bonds. The van der Waals surface area contributed by atoms with Crippen LogP contribution in [0.1, 0.15) is 19.3 Å². The van der Waals surface area contributed by atoms with E-state index in [1.807, 2.05) is 0 Å². The molecule has 0 spiro atoms. The van der Waals surface area contributed by atoms with Gasteiger partial charge in [-0.25, -0.2) is 0 Å². The van der Waals surface area contributed by atoms with Gasteiger partial charge in [-0.1, -0.05) is 36.4 Å². The van der Waals surface area contributed by atoms with Gasteiger partial charge in [-0.15, -0.1) is 0 Å². The van der Waals surface area contributed by atoms with Crippen molar-refractivity contribution in [3.8, 4) is 5.75 Å². The molecule has 1 fully saturated rings. The second kappa shape index (κ2) is 6.07. The Balaban J connectivity index is 1.62. The topological polar surface area (TPSA) is 18.5 Å². The molecule has 0 radical (unpaired) electrons. The summed E-state index contributed by atoms with van der Waals surface area (Å²) < 4.78 is 11.4. The molecule has 1 heterocycles.